The van der Waals surface area contributed by atoms with Crippen molar-refractivity contribution in [2.45, 2.75) is 12.1 Å². The van der Waals surface area contributed by atoms with Crippen LogP contribution in [0.15, 0.2) is 76.5 Å². The summed E-state index contributed by atoms with van der Waals surface area (Å²) in [7, 11) is 0. The van der Waals surface area contributed by atoms with E-state index in [1.54, 1.807) is 19.2 Å². The molecule has 0 spiro atoms. The molecule has 6 nitrogen and oxygen atoms in total. The summed E-state index contributed by atoms with van der Waals surface area (Å²) in [6.07, 6.45) is 1.79. The van der Waals surface area contributed by atoms with Gasteiger partial charge in [-0.3, -0.25) is 14.7 Å². The van der Waals surface area contributed by atoms with Gasteiger partial charge in [0.05, 0.1) is 34.0 Å². The summed E-state index contributed by atoms with van der Waals surface area (Å²) in [5, 5.41) is 7.72. The lowest BCUT2D eigenvalue weighted by Crippen LogP contribution is -2.14. The standard InChI is InChI=1S/C21H17ClN4O2S/c1-14-11-20(28-25-14)24-19(27)13-29-21-23-12-18(15-7-3-2-4-8-15)26(21)17-10-6-5-9-16(17)22/h2-12H,13H2,1H3,(H,24,27). The number of carbonyl (C=O) groups excluding carboxylic acids is 1. The summed E-state index contributed by atoms with van der Waals surface area (Å²) in [5.74, 6) is 0.281. The Balaban J connectivity index is 1.62. The summed E-state index contributed by atoms with van der Waals surface area (Å²) < 4.78 is 6.99. The number of nitrogens with zero attached hydrogens (tertiary/aromatic N) is 3. The Kier molecular flexibility index (Phi) is 5.69. The van der Waals surface area contributed by atoms with Crippen molar-refractivity contribution in [1.82, 2.24) is 14.7 Å². The van der Waals surface area contributed by atoms with E-state index in [4.69, 9.17) is 16.1 Å². The van der Waals surface area contributed by atoms with Gasteiger partial charge in [-0.1, -0.05) is 71.0 Å². The summed E-state index contributed by atoms with van der Waals surface area (Å²) in [6.45, 7) is 1.79. The predicted octanol–water partition coefficient (Wildman–Crippen LogP) is 5.22. The minimum Gasteiger partial charge on any atom is -0.338 e. The highest BCUT2D eigenvalue weighted by Crippen LogP contribution is 2.32. The summed E-state index contributed by atoms with van der Waals surface area (Å²) in [4.78, 5) is 16.8. The quantitative estimate of drug-likeness (QED) is 0.429. The van der Waals surface area contributed by atoms with Crippen molar-refractivity contribution in [3.05, 3.63) is 77.6 Å². The van der Waals surface area contributed by atoms with E-state index in [0.29, 0.717) is 21.8 Å². The van der Waals surface area contributed by atoms with Crippen LogP contribution in [0.3, 0.4) is 0 Å². The highest BCUT2D eigenvalue weighted by Gasteiger charge is 2.17. The van der Waals surface area contributed by atoms with Gasteiger partial charge in [0.2, 0.25) is 11.8 Å². The molecule has 1 N–H and O–H groups in total. The van der Waals surface area contributed by atoms with Gasteiger partial charge in [0, 0.05) is 11.6 Å². The molecule has 2 aromatic heterocycles. The molecule has 2 heterocycles. The molecule has 4 aromatic rings. The molecule has 1 amide bonds. The van der Waals surface area contributed by atoms with E-state index >= 15 is 0 Å². The maximum Gasteiger partial charge on any atom is 0.237 e. The molecule has 0 aliphatic heterocycles. The topological polar surface area (TPSA) is 73.0 Å². The Morgan fingerprint density at radius 2 is 1.93 bits per heavy atom. The van der Waals surface area contributed by atoms with Crippen molar-refractivity contribution < 1.29 is 9.32 Å². The van der Waals surface area contributed by atoms with Crippen molar-refractivity contribution in [3.63, 3.8) is 0 Å². The number of aryl methyl sites for hydroxylation is 1. The molecule has 0 fully saturated rings. The number of carbonyl (C=O) groups is 1. The Hall–Kier alpha value is -3.03. The number of halogens is 1. The van der Waals surface area contributed by atoms with E-state index < -0.39 is 0 Å². The van der Waals surface area contributed by atoms with Crippen molar-refractivity contribution in [2.24, 2.45) is 0 Å². The predicted molar refractivity (Wildman–Crippen MR) is 115 cm³/mol. The van der Waals surface area contributed by atoms with Crippen LogP contribution in [-0.2, 0) is 4.79 Å². The number of hydrogen-bond acceptors (Lipinski definition) is 5. The van der Waals surface area contributed by atoms with Crippen molar-refractivity contribution in [2.75, 3.05) is 11.1 Å². The third kappa shape index (κ3) is 4.36. The number of hydrogen-bond donors (Lipinski definition) is 1. The smallest absolute Gasteiger partial charge is 0.237 e. The number of rotatable bonds is 6. The number of anilines is 1. The zero-order valence-electron chi connectivity index (χ0n) is 15.5. The lowest BCUT2D eigenvalue weighted by Gasteiger charge is -2.13. The maximum atomic E-state index is 12.3. The average Bonchev–Trinajstić information content (AvgIpc) is 3.33. The lowest BCUT2D eigenvalue weighted by molar-refractivity contribution is -0.113. The molecule has 2 aromatic carbocycles. The number of aromatic nitrogens is 3. The SMILES string of the molecule is Cc1cc(NC(=O)CSc2ncc(-c3ccccc3)n2-c2ccccc2Cl)on1. The molecule has 0 aliphatic carbocycles. The second-order valence-electron chi connectivity index (χ2n) is 6.25. The van der Waals surface area contributed by atoms with Gasteiger partial charge in [0.15, 0.2) is 5.16 Å². The highest BCUT2D eigenvalue weighted by molar-refractivity contribution is 7.99. The minimum atomic E-state index is -0.207. The molecule has 146 valence electrons. The Morgan fingerprint density at radius 1 is 1.17 bits per heavy atom. The third-order valence-corrected chi connectivity index (χ3v) is 5.39. The minimum absolute atomic E-state index is 0.162. The molecule has 0 bridgehead atoms. The first-order valence-corrected chi connectivity index (χ1v) is 10.2. The lowest BCUT2D eigenvalue weighted by atomic mass is 10.1. The largest absolute Gasteiger partial charge is 0.338 e. The van der Waals surface area contributed by atoms with Crippen LogP contribution < -0.4 is 5.32 Å². The normalized spacial score (nSPS) is 10.8. The zero-order valence-corrected chi connectivity index (χ0v) is 17.1. The molecular formula is C21H17ClN4O2S. The molecule has 29 heavy (non-hydrogen) atoms. The molecule has 4 rings (SSSR count). The monoisotopic (exact) mass is 424 g/mol. The Bertz CT molecular complexity index is 1140. The van der Waals surface area contributed by atoms with E-state index in [9.17, 15) is 4.79 Å². The fourth-order valence-corrected chi connectivity index (χ4v) is 3.85. The maximum absolute atomic E-state index is 12.3. The van der Waals surface area contributed by atoms with Crippen LogP contribution in [0.4, 0.5) is 5.88 Å². The molecular weight excluding hydrogens is 408 g/mol. The van der Waals surface area contributed by atoms with E-state index in [1.807, 2.05) is 59.2 Å². The van der Waals surface area contributed by atoms with Crippen molar-refractivity contribution >= 4 is 35.2 Å². The first kappa shape index (κ1) is 19.3. The van der Waals surface area contributed by atoms with Gasteiger partial charge >= 0.3 is 0 Å². The summed E-state index contributed by atoms with van der Waals surface area (Å²) in [5.41, 5.74) is 3.41. The zero-order chi connectivity index (χ0) is 20.2. The van der Waals surface area contributed by atoms with Gasteiger partial charge in [-0.2, -0.15) is 0 Å². The Labute approximate surface area is 176 Å². The van der Waals surface area contributed by atoms with Gasteiger partial charge < -0.3 is 4.52 Å². The van der Waals surface area contributed by atoms with Crippen molar-refractivity contribution in [1.29, 1.82) is 0 Å². The molecule has 0 saturated carbocycles. The number of amides is 1. The molecule has 8 heteroatoms. The second-order valence-corrected chi connectivity index (χ2v) is 7.60. The van der Waals surface area contributed by atoms with E-state index in [-0.39, 0.29) is 11.7 Å². The number of para-hydroxylation sites is 1. The van der Waals surface area contributed by atoms with E-state index in [1.165, 1.54) is 11.8 Å². The summed E-state index contributed by atoms with van der Waals surface area (Å²) >= 11 is 7.78. The first-order chi connectivity index (χ1) is 14.1. The first-order valence-electron chi connectivity index (χ1n) is 8.86. The molecule has 0 saturated heterocycles. The molecule has 0 unspecified atom stereocenters. The fourth-order valence-electron chi connectivity index (χ4n) is 2.84. The Morgan fingerprint density at radius 3 is 2.66 bits per heavy atom. The van der Waals surface area contributed by atoms with Gasteiger partial charge in [0.25, 0.3) is 0 Å². The van der Waals surface area contributed by atoms with Gasteiger partial charge in [-0.25, -0.2) is 4.98 Å². The van der Waals surface area contributed by atoms with Crippen LogP contribution >= 0.6 is 23.4 Å². The molecule has 0 radical (unpaired) electrons. The van der Waals surface area contributed by atoms with Gasteiger partial charge in [-0.15, -0.1) is 0 Å². The second kappa shape index (κ2) is 8.55. The van der Waals surface area contributed by atoms with Crippen LogP contribution in [-0.4, -0.2) is 26.4 Å². The highest BCUT2D eigenvalue weighted by atomic mass is 35.5. The van der Waals surface area contributed by atoms with Gasteiger partial charge in [0.1, 0.15) is 0 Å². The number of nitrogens with one attached hydrogen (secondary N) is 1. The van der Waals surface area contributed by atoms with Crippen LogP contribution in [0.5, 0.6) is 0 Å². The van der Waals surface area contributed by atoms with Crippen molar-refractivity contribution in [3.8, 4) is 16.9 Å². The van der Waals surface area contributed by atoms with Crippen LogP contribution in [0.2, 0.25) is 5.02 Å². The fraction of sp³-hybridized carbons (Fsp3) is 0.0952. The van der Waals surface area contributed by atoms with Crippen LogP contribution in [0.25, 0.3) is 16.9 Å². The van der Waals surface area contributed by atoms with Crippen LogP contribution in [0.1, 0.15) is 5.69 Å². The number of benzene rings is 2. The molecule has 0 atom stereocenters. The number of imidazole rings is 1. The number of thioether (sulfide) groups is 1. The molecule has 0 aliphatic rings. The average molecular weight is 425 g/mol. The van der Waals surface area contributed by atoms with E-state index in [2.05, 4.69) is 15.5 Å². The van der Waals surface area contributed by atoms with Crippen LogP contribution in [0, 0.1) is 6.92 Å². The summed E-state index contributed by atoms with van der Waals surface area (Å²) in [6, 6.07) is 19.2. The van der Waals surface area contributed by atoms with E-state index in [0.717, 1.165) is 16.9 Å². The van der Waals surface area contributed by atoms with Gasteiger partial charge in [-0.05, 0) is 19.1 Å². The third-order valence-electron chi connectivity index (χ3n) is 4.12.